The lowest BCUT2D eigenvalue weighted by Gasteiger charge is -2.34. The van der Waals surface area contributed by atoms with Crippen molar-refractivity contribution in [1.29, 1.82) is 5.41 Å². The number of phenolic OH excluding ortho intramolecular Hbond substituents is 1. The summed E-state index contributed by atoms with van der Waals surface area (Å²) in [6.45, 7) is 4.05. The lowest BCUT2D eigenvalue weighted by Crippen LogP contribution is -2.44. The van der Waals surface area contributed by atoms with Crippen LogP contribution in [0.3, 0.4) is 0 Å². The quantitative estimate of drug-likeness (QED) is 0.499. The number of hydrogen-bond donors (Lipinski definition) is 4. The molecule has 1 aromatic heterocycles. The monoisotopic (exact) mass is 438 g/mol. The number of nitrogens with zero attached hydrogens (tertiary/aromatic N) is 4. The highest BCUT2D eigenvalue weighted by molar-refractivity contribution is 6.32. The van der Waals surface area contributed by atoms with Gasteiger partial charge in [-0.05, 0) is 43.4 Å². The standard InChI is InChI=1S/C22H23ClN6O2/c1-27-6-8-28(9-7-27)14-3-4-15-16(11-14)26-22(25-15)20-19(31)12-29(21(20)24)17-10-13(23)2-5-18(17)30/h2-5,10-11,24,30-31H,6-9,12H2,1H3,(H,25,26). The Kier molecular flexibility index (Phi) is 4.75. The van der Waals surface area contributed by atoms with Crippen LogP contribution < -0.4 is 9.80 Å². The van der Waals surface area contributed by atoms with Gasteiger partial charge in [-0.3, -0.25) is 5.41 Å². The molecule has 8 nitrogen and oxygen atoms in total. The molecular weight excluding hydrogens is 416 g/mol. The summed E-state index contributed by atoms with van der Waals surface area (Å²) in [7, 11) is 2.13. The number of aliphatic hydroxyl groups is 1. The van der Waals surface area contributed by atoms with E-state index in [0.29, 0.717) is 22.1 Å². The van der Waals surface area contributed by atoms with Crippen molar-refractivity contribution in [2.45, 2.75) is 0 Å². The van der Waals surface area contributed by atoms with E-state index in [9.17, 15) is 10.2 Å². The summed E-state index contributed by atoms with van der Waals surface area (Å²) in [5, 5.41) is 29.9. The minimum absolute atomic E-state index is 0.00961. The van der Waals surface area contributed by atoms with E-state index in [2.05, 4.69) is 38.9 Å². The first-order valence-electron chi connectivity index (χ1n) is 10.1. The molecule has 5 rings (SSSR count). The van der Waals surface area contributed by atoms with Crippen LogP contribution in [-0.2, 0) is 0 Å². The third-order valence-electron chi connectivity index (χ3n) is 5.90. The van der Waals surface area contributed by atoms with Crippen LogP contribution in [0.2, 0.25) is 5.02 Å². The van der Waals surface area contributed by atoms with Crippen molar-refractivity contribution in [3.8, 4) is 5.75 Å². The molecule has 0 unspecified atom stereocenters. The fourth-order valence-electron chi connectivity index (χ4n) is 4.12. The minimum Gasteiger partial charge on any atom is -0.509 e. The van der Waals surface area contributed by atoms with Crippen LogP contribution in [0.5, 0.6) is 5.75 Å². The molecule has 0 amide bonds. The van der Waals surface area contributed by atoms with Gasteiger partial charge in [0.25, 0.3) is 0 Å². The number of H-pyrrole nitrogens is 1. The maximum atomic E-state index is 10.6. The first-order chi connectivity index (χ1) is 14.9. The van der Waals surface area contributed by atoms with Crippen molar-refractivity contribution in [2.75, 3.05) is 49.6 Å². The second-order valence-electron chi connectivity index (χ2n) is 7.97. The number of likely N-dealkylation sites (N-methyl/N-ethyl adjacent to an activating group) is 1. The van der Waals surface area contributed by atoms with Gasteiger partial charge >= 0.3 is 0 Å². The lowest BCUT2D eigenvalue weighted by molar-refractivity contribution is 0.313. The van der Waals surface area contributed by atoms with Gasteiger partial charge in [-0.25, -0.2) is 4.98 Å². The fraction of sp³-hybridized carbons (Fsp3) is 0.273. The molecule has 31 heavy (non-hydrogen) atoms. The molecule has 0 radical (unpaired) electrons. The molecule has 0 aliphatic carbocycles. The maximum Gasteiger partial charge on any atom is 0.145 e. The number of aromatic amines is 1. The number of aliphatic hydroxyl groups excluding tert-OH is 1. The molecule has 1 saturated heterocycles. The Hall–Kier alpha value is -3.23. The summed E-state index contributed by atoms with van der Waals surface area (Å²) in [5.74, 6) is 0.484. The molecule has 2 aliphatic rings. The zero-order valence-electron chi connectivity index (χ0n) is 17.1. The van der Waals surface area contributed by atoms with E-state index in [4.69, 9.17) is 17.0 Å². The van der Waals surface area contributed by atoms with E-state index in [1.54, 1.807) is 12.1 Å². The van der Waals surface area contributed by atoms with E-state index >= 15 is 0 Å². The van der Waals surface area contributed by atoms with E-state index in [-0.39, 0.29) is 23.9 Å². The van der Waals surface area contributed by atoms with Gasteiger partial charge in [0.1, 0.15) is 23.2 Å². The number of aromatic nitrogens is 2. The average molecular weight is 439 g/mol. The van der Waals surface area contributed by atoms with Gasteiger partial charge in [-0.2, -0.15) is 0 Å². The van der Waals surface area contributed by atoms with Gasteiger partial charge in [0.2, 0.25) is 0 Å². The maximum absolute atomic E-state index is 10.6. The number of benzene rings is 2. The van der Waals surface area contributed by atoms with Crippen LogP contribution in [0.4, 0.5) is 11.4 Å². The van der Waals surface area contributed by atoms with Crippen molar-refractivity contribution in [2.24, 2.45) is 0 Å². The molecule has 4 N–H and O–H groups in total. The first kappa shape index (κ1) is 19.7. The van der Waals surface area contributed by atoms with Crippen molar-refractivity contribution < 1.29 is 10.2 Å². The zero-order chi connectivity index (χ0) is 21.7. The van der Waals surface area contributed by atoms with Gasteiger partial charge in [-0.15, -0.1) is 0 Å². The highest BCUT2D eigenvalue weighted by Crippen LogP contribution is 2.37. The highest BCUT2D eigenvalue weighted by Gasteiger charge is 2.32. The summed E-state index contributed by atoms with van der Waals surface area (Å²) in [6, 6.07) is 10.7. The Morgan fingerprint density at radius 3 is 2.61 bits per heavy atom. The normalized spacial score (nSPS) is 17.9. The number of imidazole rings is 1. The largest absolute Gasteiger partial charge is 0.509 e. The van der Waals surface area contributed by atoms with E-state index in [0.717, 1.165) is 42.9 Å². The van der Waals surface area contributed by atoms with Crippen molar-refractivity contribution in [3.63, 3.8) is 0 Å². The molecule has 2 aliphatic heterocycles. The first-order valence-corrected chi connectivity index (χ1v) is 10.5. The van der Waals surface area contributed by atoms with Crippen LogP contribution in [0.1, 0.15) is 5.82 Å². The summed E-state index contributed by atoms with van der Waals surface area (Å²) in [6.07, 6.45) is 0. The lowest BCUT2D eigenvalue weighted by atomic mass is 10.2. The Morgan fingerprint density at radius 2 is 1.84 bits per heavy atom. The number of anilines is 2. The number of amidine groups is 1. The molecule has 1 fully saturated rings. The van der Waals surface area contributed by atoms with Gasteiger partial charge in [0.05, 0.1) is 28.8 Å². The molecule has 0 bridgehead atoms. The van der Waals surface area contributed by atoms with Crippen molar-refractivity contribution >= 4 is 45.4 Å². The van der Waals surface area contributed by atoms with Gasteiger partial charge in [0, 0.05) is 36.9 Å². The third-order valence-corrected chi connectivity index (χ3v) is 6.14. The van der Waals surface area contributed by atoms with Gasteiger partial charge in [-0.1, -0.05) is 11.6 Å². The number of halogens is 1. The van der Waals surface area contributed by atoms with Gasteiger partial charge in [0.15, 0.2) is 0 Å². The summed E-state index contributed by atoms with van der Waals surface area (Å²) < 4.78 is 0. The minimum atomic E-state index is -0.00961. The Balaban J connectivity index is 1.45. The number of piperazine rings is 1. The fourth-order valence-corrected chi connectivity index (χ4v) is 4.29. The molecule has 3 heterocycles. The Labute approximate surface area is 184 Å². The predicted molar refractivity (Wildman–Crippen MR) is 124 cm³/mol. The molecule has 0 saturated carbocycles. The second kappa shape index (κ2) is 7.47. The molecule has 0 atom stereocenters. The van der Waals surface area contributed by atoms with Gasteiger partial charge < -0.3 is 29.9 Å². The summed E-state index contributed by atoms with van der Waals surface area (Å²) >= 11 is 6.06. The second-order valence-corrected chi connectivity index (χ2v) is 8.40. The van der Waals surface area contributed by atoms with Crippen molar-refractivity contribution in [1.82, 2.24) is 14.9 Å². The number of aromatic hydroxyl groups is 1. The molecule has 9 heteroatoms. The third kappa shape index (κ3) is 3.47. The van der Waals surface area contributed by atoms with Crippen LogP contribution in [-0.4, -0.2) is 70.7 Å². The van der Waals surface area contributed by atoms with E-state index < -0.39 is 0 Å². The molecular formula is C22H23ClN6O2. The number of nitrogens with one attached hydrogen (secondary N) is 2. The summed E-state index contributed by atoms with van der Waals surface area (Å²) in [4.78, 5) is 14.0. The topological polar surface area (TPSA) is 103 Å². The number of hydrogen-bond acceptors (Lipinski definition) is 6. The highest BCUT2D eigenvalue weighted by atomic mass is 35.5. The summed E-state index contributed by atoms with van der Waals surface area (Å²) in [5.41, 5.74) is 3.43. The number of fused-ring (bicyclic) bond motifs is 1. The molecule has 0 spiro atoms. The molecule has 3 aromatic rings. The number of rotatable bonds is 3. The smallest absolute Gasteiger partial charge is 0.145 e. The average Bonchev–Trinajstić information content (AvgIpc) is 3.29. The van der Waals surface area contributed by atoms with Crippen LogP contribution in [0.15, 0.2) is 42.2 Å². The zero-order valence-corrected chi connectivity index (χ0v) is 17.8. The Morgan fingerprint density at radius 1 is 1.06 bits per heavy atom. The van der Waals surface area contributed by atoms with Crippen molar-refractivity contribution in [3.05, 3.63) is 53.0 Å². The van der Waals surface area contributed by atoms with E-state index in [1.165, 1.54) is 11.0 Å². The van der Waals surface area contributed by atoms with Crippen LogP contribution in [0.25, 0.3) is 16.6 Å². The SMILES string of the molecule is CN1CCN(c2ccc3nc(C4=C(O)CN(c5cc(Cl)ccc5O)C4=N)[nH]c3c2)CC1. The molecule has 160 valence electrons. The molecule has 2 aromatic carbocycles. The Bertz CT molecular complexity index is 1210. The van der Waals surface area contributed by atoms with Crippen LogP contribution >= 0.6 is 11.6 Å². The van der Waals surface area contributed by atoms with E-state index in [1.807, 2.05) is 6.07 Å². The number of phenols is 1. The van der Waals surface area contributed by atoms with Crippen LogP contribution in [0, 0.1) is 5.41 Å². The predicted octanol–water partition coefficient (Wildman–Crippen LogP) is 3.44.